The largest absolute Gasteiger partial charge is 0.507 e. The van der Waals surface area contributed by atoms with Gasteiger partial charge in [-0.1, -0.05) is 6.07 Å². The molecule has 0 saturated heterocycles. The van der Waals surface area contributed by atoms with E-state index in [0.29, 0.717) is 0 Å². The maximum Gasteiger partial charge on any atom is 0.296 e. The van der Waals surface area contributed by atoms with Crippen molar-refractivity contribution in [2.45, 2.75) is 9.79 Å². The fourth-order valence-corrected chi connectivity index (χ4v) is 4.78. The molecule has 8 N–H and O–H groups in total. The van der Waals surface area contributed by atoms with Gasteiger partial charge in [0.2, 0.25) is 17.2 Å². The van der Waals surface area contributed by atoms with Gasteiger partial charge < -0.3 is 26.6 Å². The number of benzene rings is 3. The zero-order chi connectivity index (χ0) is 29.2. The van der Waals surface area contributed by atoms with Gasteiger partial charge in [-0.3, -0.25) is 9.11 Å². The van der Waals surface area contributed by atoms with E-state index in [1.165, 1.54) is 24.3 Å². The number of phenolic OH excluding ortho intramolecular Hbond substituents is 1. The van der Waals surface area contributed by atoms with Crippen LogP contribution in [0.4, 0.5) is 34.6 Å². The molecule has 0 unspecified atom stereocenters. The quantitative estimate of drug-likeness (QED) is 0.0815. The number of hydrogen-bond acceptors (Lipinski definition) is 14. The van der Waals surface area contributed by atoms with Crippen LogP contribution >= 0.6 is 11.6 Å². The first-order valence-corrected chi connectivity index (χ1v) is 14.1. The summed E-state index contributed by atoms with van der Waals surface area (Å²) in [5, 5.41) is 32.5. The molecule has 0 aliphatic rings. The highest BCUT2D eigenvalue weighted by molar-refractivity contribution is 7.86. The van der Waals surface area contributed by atoms with Crippen molar-refractivity contribution in [3.8, 4) is 5.75 Å². The van der Waals surface area contributed by atoms with Crippen LogP contribution in [0.1, 0.15) is 0 Å². The number of hydrogen-bond donors (Lipinski definition) is 7. The molecule has 0 radical (unpaired) electrons. The van der Waals surface area contributed by atoms with Crippen LogP contribution in [0.2, 0.25) is 5.28 Å². The van der Waals surface area contributed by atoms with Gasteiger partial charge >= 0.3 is 0 Å². The molecule has 1 heterocycles. The molecule has 0 saturated carbocycles. The Labute approximate surface area is 231 Å². The summed E-state index contributed by atoms with van der Waals surface area (Å²) < 4.78 is 66.4. The molecular formula is C21H19ClN8O8S2. The zero-order valence-corrected chi connectivity index (χ0v) is 22.3. The lowest BCUT2D eigenvalue weighted by Gasteiger charge is -2.10. The Bertz CT molecular complexity index is 1870. The van der Waals surface area contributed by atoms with E-state index in [9.17, 15) is 31.0 Å². The number of aromatic hydroxyl groups is 1. The maximum absolute atomic E-state index is 12.1. The van der Waals surface area contributed by atoms with E-state index in [1.807, 2.05) is 0 Å². The van der Waals surface area contributed by atoms with Crippen LogP contribution in [-0.4, -0.2) is 64.3 Å². The van der Waals surface area contributed by atoms with E-state index in [4.69, 9.17) is 22.4 Å². The summed E-state index contributed by atoms with van der Waals surface area (Å²) in [7, 11) is -9.48. The molecule has 16 nitrogen and oxygen atoms in total. The van der Waals surface area contributed by atoms with Crippen molar-refractivity contribution in [2.75, 3.05) is 29.5 Å². The van der Waals surface area contributed by atoms with Gasteiger partial charge in [-0.25, -0.2) is 0 Å². The number of fused-ring (bicyclic) bond motifs is 1. The summed E-state index contributed by atoms with van der Waals surface area (Å²) >= 11 is 5.88. The average Bonchev–Trinajstić information content (AvgIpc) is 2.86. The van der Waals surface area contributed by atoms with E-state index in [0.717, 1.165) is 18.2 Å². The molecule has 0 bridgehead atoms. The van der Waals surface area contributed by atoms with Gasteiger partial charge in [0.1, 0.15) is 22.0 Å². The number of nitrogens with one attached hydrogen (secondary N) is 2. The number of phenols is 1. The van der Waals surface area contributed by atoms with Gasteiger partial charge in [-0.05, 0) is 47.3 Å². The van der Waals surface area contributed by atoms with Gasteiger partial charge in [0.05, 0.1) is 22.6 Å². The second-order valence-corrected chi connectivity index (χ2v) is 11.1. The Balaban J connectivity index is 1.74. The fourth-order valence-electron chi connectivity index (χ4n) is 3.44. The molecule has 0 aliphatic carbocycles. The third-order valence-electron chi connectivity index (χ3n) is 5.13. The van der Waals surface area contributed by atoms with Crippen molar-refractivity contribution in [1.82, 2.24) is 15.0 Å². The van der Waals surface area contributed by atoms with Gasteiger partial charge in [-0.2, -0.15) is 31.8 Å². The lowest BCUT2D eigenvalue weighted by atomic mass is 10.1. The van der Waals surface area contributed by atoms with E-state index < -0.39 is 35.8 Å². The minimum absolute atomic E-state index is 0.00447. The Kier molecular flexibility index (Phi) is 8.00. The highest BCUT2D eigenvalue weighted by Crippen LogP contribution is 2.41. The Morgan fingerprint density at radius 1 is 0.925 bits per heavy atom. The van der Waals surface area contributed by atoms with Crippen LogP contribution < -0.4 is 16.4 Å². The third kappa shape index (κ3) is 6.50. The van der Waals surface area contributed by atoms with E-state index in [2.05, 4.69) is 35.8 Å². The average molecular weight is 611 g/mol. The fraction of sp³-hybridized carbons (Fsp3) is 0.0952. The number of azo groups is 1. The van der Waals surface area contributed by atoms with Gasteiger partial charge in [0.15, 0.2) is 0 Å². The number of aromatic nitrogens is 3. The number of anilines is 4. The van der Waals surface area contributed by atoms with Gasteiger partial charge in [0.25, 0.3) is 20.2 Å². The van der Waals surface area contributed by atoms with Crippen molar-refractivity contribution >= 4 is 77.3 Å². The highest BCUT2D eigenvalue weighted by atomic mass is 35.5. The molecule has 0 atom stereocenters. The van der Waals surface area contributed by atoms with Crippen molar-refractivity contribution in [3.63, 3.8) is 0 Å². The van der Waals surface area contributed by atoms with Crippen LogP contribution in [0.15, 0.2) is 62.5 Å². The minimum Gasteiger partial charge on any atom is -0.507 e. The van der Waals surface area contributed by atoms with Gasteiger partial charge in [0, 0.05) is 18.3 Å². The van der Waals surface area contributed by atoms with E-state index >= 15 is 0 Å². The summed E-state index contributed by atoms with van der Waals surface area (Å²) in [6, 6.07) is 8.16. The van der Waals surface area contributed by atoms with Crippen LogP contribution in [0.25, 0.3) is 10.8 Å². The predicted molar refractivity (Wildman–Crippen MR) is 144 cm³/mol. The second-order valence-electron chi connectivity index (χ2n) is 7.90. The minimum atomic E-state index is -4.85. The molecule has 0 aliphatic heterocycles. The molecule has 4 aromatic rings. The molecule has 3 aromatic carbocycles. The Hall–Kier alpha value is -4.20. The second kappa shape index (κ2) is 11.1. The summed E-state index contributed by atoms with van der Waals surface area (Å²) in [5.41, 5.74) is 5.61. The number of nitrogen functional groups attached to an aromatic ring is 1. The van der Waals surface area contributed by atoms with E-state index in [1.54, 1.807) is 0 Å². The van der Waals surface area contributed by atoms with Crippen molar-refractivity contribution in [1.29, 1.82) is 0 Å². The molecule has 0 amide bonds. The van der Waals surface area contributed by atoms with Crippen molar-refractivity contribution in [2.24, 2.45) is 10.2 Å². The number of aliphatic hydroxyl groups is 1. The smallest absolute Gasteiger partial charge is 0.296 e. The molecule has 40 heavy (non-hydrogen) atoms. The first-order valence-electron chi connectivity index (χ1n) is 10.9. The number of aliphatic hydroxyl groups excluding tert-OH is 1. The molecule has 19 heteroatoms. The number of rotatable bonds is 9. The standard InChI is InChI=1S/C21H19ClN8O8S2/c22-19-26-20(24-5-6-31)28-21(27-19)25-11-2-4-14(16(8-11)40(36,37)38)29-30-18-13(23)3-1-10-7-12(39(33,34)35)9-15(32)17(10)18/h1-4,7-9,31-32H,5-6,23H2,(H,33,34,35)(H,36,37,38)(H2,24,25,26,27,28). The number of halogens is 1. The first-order chi connectivity index (χ1) is 18.8. The third-order valence-corrected chi connectivity index (χ3v) is 7.01. The predicted octanol–water partition coefficient (Wildman–Crippen LogP) is 3.02. The van der Waals surface area contributed by atoms with Crippen LogP contribution in [0.3, 0.4) is 0 Å². The molecule has 1 aromatic heterocycles. The number of nitrogens with zero attached hydrogens (tertiary/aromatic N) is 5. The van der Waals surface area contributed by atoms with Crippen LogP contribution in [0.5, 0.6) is 5.75 Å². The summed E-state index contributed by atoms with van der Waals surface area (Å²) in [5.74, 6) is -0.638. The SMILES string of the molecule is Nc1ccc2cc(S(=O)(=O)O)cc(O)c2c1N=Nc1ccc(Nc2nc(Cl)nc(NCCO)n2)cc1S(=O)(=O)O. The number of nitrogens with two attached hydrogens (primary N) is 1. The molecule has 0 fully saturated rings. The van der Waals surface area contributed by atoms with E-state index in [-0.39, 0.29) is 63.9 Å². The first kappa shape index (κ1) is 28.8. The highest BCUT2D eigenvalue weighted by Gasteiger charge is 2.19. The topological polar surface area (TPSA) is 263 Å². The lowest BCUT2D eigenvalue weighted by Crippen LogP contribution is -2.10. The van der Waals surface area contributed by atoms with Crippen LogP contribution in [-0.2, 0) is 20.2 Å². The molecular weight excluding hydrogens is 592 g/mol. The normalized spacial score (nSPS) is 12.2. The van der Waals surface area contributed by atoms with Crippen molar-refractivity contribution < 1.29 is 36.2 Å². The van der Waals surface area contributed by atoms with Crippen LogP contribution in [0, 0.1) is 0 Å². The van der Waals surface area contributed by atoms with Crippen molar-refractivity contribution in [3.05, 3.63) is 47.7 Å². The maximum atomic E-state index is 12.1. The Morgan fingerprint density at radius 3 is 2.33 bits per heavy atom. The molecule has 0 spiro atoms. The molecule has 210 valence electrons. The Morgan fingerprint density at radius 2 is 1.65 bits per heavy atom. The monoisotopic (exact) mass is 610 g/mol. The summed E-state index contributed by atoms with van der Waals surface area (Å²) in [4.78, 5) is 10.5. The summed E-state index contributed by atoms with van der Waals surface area (Å²) in [6.45, 7) is -0.0669. The van der Waals surface area contributed by atoms with Gasteiger partial charge in [-0.15, -0.1) is 10.2 Å². The lowest BCUT2D eigenvalue weighted by molar-refractivity contribution is 0.311. The zero-order valence-electron chi connectivity index (χ0n) is 19.9. The summed E-state index contributed by atoms with van der Waals surface area (Å²) in [6.07, 6.45) is 0. The molecule has 4 rings (SSSR count).